The molecule has 1 unspecified atom stereocenters. The van der Waals surface area contributed by atoms with Crippen LogP contribution in [0.4, 0.5) is 0 Å². The predicted molar refractivity (Wildman–Crippen MR) is 100 cm³/mol. The number of hydrogen-bond donors (Lipinski definition) is 2. The Morgan fingerprint density at radius 2 is 2.25 bits per heavy atom. The van der Waals surface area contributed by atoms with E-state index in [1.165, 1.54) is 0 Å². The van der Waals surface area contributed by atoms with Crippen LogP contribution in [0.25, 0.3) is 11.0 Å². The third-order valence-corrected chi connectivity index (χ3v) is 4.80. The molecule has 2 heterocycles. The van der Waals surface area contributed by atoms with Gasteiger partial charge in [0.2, 0.25) is 0 Å². The molecule has 0 radical (unpaired) electrons. The SMILES string of the molecule is Cc1c(C(=O)NCC2CCCNC2)c(=O)oc2ccc(Br)cc12.Cl. The fourth-order valence-electron chi connectivity index (χ4n) is 3.01. The van der Waals surface area contributed by atoms with Crippen molar-refractivity contribution in [3.05, 3.63) is 44.2 Å². The number of carbonyl (C=O) groups excluding carboxylic acids is 1. The predicted octanol–water partition coefficient (Wildman–Crippen LogP) is 3.02. The number of aryl methyl sites for hydroxylation is 1. The van der Waals surface area contributed by atoms with Crippen LogP contribution in [0.1, 0.15) is 28.8 Å². The van der Waals surface area contributed by atoms with Crippen LogP contribution < -0.4 is 16.3 Å². The number of nitrogens with one attached hydrogen (secondary N) is 2. The molecular formula is C17H20BrClN2O3. The molecule has 7 heteroatoms. The molecule has 3 rings (SSSR count). The molecule has 1 aliphatic rings. The number of rotatable bonds is 3. The molecule has 1 aromatic carbocycles. The number of carbonyl (C=O) groups is 1. The van der Waals surface area contributed by atoms with Gasteiger partial charge in [-0.2, -0.15) is 0 Å². The summed E-state index contributed by atoms with van der Waals surface area (Å²) in [7, 11) is 0. The van der Waals surface area contributed by atoms with Crippen molar-refractivity contribution >= 4 is 45.2 Å². The molecule has 5 nitrogen and oxygen atoms in total. The molecule has 0 bridgehead atoms. The molecule has 2 N–H and O–H groups in total. The highest BCUT2D eigenvalue weighted by Gasteiger charge is 2.20. The van der Waals surface area contributed by atoms with Gasteiger partial charge in [0.05, 0.1) is 0 Å². The molecule has 1 atom stereocenters. The summed E-state index contributed by atoms with van der Waals surface area (Å²) in [6.45, 7) is 4.29. The highest BCUT2D eigenvalue weighted by atomic mass is 79.9. The fourth-order valence-corrected chi connectivity index (χ4v) is 3.37. The van der Waals surface area contributed by atoms with Crippen LogP contribution in [0.5, 0.6) is 0 Å². The van der Waals surface area contributed by atoms with Crippen molar-refractivity contribution < 1.29 is 9.21 Å². The third-order valence-electron chi connectivity index (χ3n) is 4.30. The lowest BCUT2D eigenvalue weighted by molar-refractivity contribution is 0.0940. The van der Waals surface area contributed by atoms with E-state index in [9.17, 15) is 9.59 Å². The standard InChI is InChI=1S/C17H19BrN2O3.ClH/c1-10-13-7-12(18)4-5-14(13)23-17(22)15(10)16(21)20-9-11-3-2-6-19-8-11;/h4-5,7,11,19H,2-3,6,8-9H2,1H3,(H,20,21);1H. The van der Waals surface area contributed by atoms with Crippen LogP contribution >= 0.6 is 28.3 Å². The Bertz CT molecular complexity index is 800. The highest BCUT2D eigenvalue weighted by Crippen LogP contribution is 2.23. The lowest BCUT2D eigenvalue weighted by atomic mass is 9.99. The van der Waals surface area contributed by atoms with E-state index in [-0.39, 0.29) is 23.9 Å². The minimum absolute atomic E-state index is 0. The first-order valence-electron chi connectivity index (χ1n) is 7.78. The Kier molecular flexibility index (Phi) is 6.43. The number of piperidine rings is 1. The van der Waals surface area contributed by atoms with Crippen molar-refractivity contribution in [2.75, 3.05) is 19.6 Å². The molecule has 24 heavy (non-hydrogen) atoms. The molecule has 0 saturated carbocycles. The van der Waals surface area contributed by atoms with Gasteiger partial charge in [-0.05, 0) is 62.5 Å². The van der Waals surface area contributed by atoms with Crippen molar-refractivity contribution in [3.63, 3.8) is 0 Å². The average molecular weight is 416 g/mol. The zero-order valence-electron chi connectivity index (χ0n) is 13.4. The van der Waals surface area contributed by atoms with E-state index in [1.807, 2.05) is 6.07 Å². The van der Waals surface area contributed by atoms with Crippen molar-refractivity contribution in [2.45, 2.75) is 19.8 Å². The molecule has 0 spiro atoms. The van der Waals surface area contributed by atoms with E-state index in [0.29, 0.717) is 23.6 Å². The molecular weight excluding hydrogens is 396 g/mol. The van der Waals surface area contributed by atoms with E-state index >= 15 is 0 Å². The number of amides is 1. The molecule has 1 amide bonds. The van der Waals surface area contributed by atoms with Gasteiger partial charge in [0.15, 0.2) is 0 Å². The van der Waals surface area contributed by atoms with Gasteiger partial charge in [0.1, 0.15) is 11.1 Å². The molecule has 1 fully saturated rings. The molecule has 1 saturated heterocycles. The quantitative estimate of drug-likeness (QED) is 0.756. The van der Waals surface area contributed by atoms with Crippen molar-refractivity contribution in [2.24, 2.45) is 5.92 Å². The van der Waals surface area contributed by atoms with Gasteiger partial charge in [-0.3, -0.25) is 4.79 Å². The van der Waals surface area contributed by atoms with Crippen molar-refractivity contribution in [1.29, 1.82) is 0 Å². The zero-order chi connectivity index (χ0) is 16.4. The van der Waals surface area contributed by atoms with Crippen LogP contribution in [0.15, 0.2) is 31.9 Å². The lowest BCUT2D eigenvalue weighted by Crippen LogP contribution is -2.39. The van der Waals surface area contributed by atoms with Crippen LogP contribution in [-0.2, 0) is 0 Å². The van der Waals surface area contributed by atoms with Crippen LogP contribution in [-0.4, -0.2) is 25.5 Å². The molecule has 2 aromatic rings. The highest BCUT2D eigenvalue weighted by molar-refractivity contribution is 9.10. The second-order valence-corrected chi connectivity index (χ2v) is 6.87. The molecule has 0 aliphatic carbocycles. The normalized spacial score (nSPS) is 17.3. The average Bonchev–Trinajstić information content (AvgIpc) is 2.55. The van der Waals surface area contributed by atoms with E-state index in [0.717, 1.165) is 35.8 Å². The maximum atomic E-state index is 12.5. The number of halogens is 2. The van der Waals surface area contributed by atoms with Crippen molar-refractivity contribution in [1.82, 2.24) is 10.6 Å². The van der Waals surface area contributed by atoms with Crippen LogP contribution in [0, 0.1) is 12.8 Å². The molecule has 130 valence electrons. The summed E-state index contributed by atoms with van der Waals surface area (Å²) < 4.78 is 6.17. The Labute approximate surface area is 154 Å². The van der Waals surface area contributed by atoms with Crippen molar-refractivity contribution in [3.8, 4) is 0 Å². The smallest absolute Gasteiger partial charge is 0.349 e. The Balaban J connectivity index is 0.00000208. The second-order valence-electron chi connectivity index (χ2n) is 5.95. The first kappa shape index (κ1) is 19.0. The summed E-state index contributed by atoms with van der Waals surface area (Å²) in [5.74, 6) is 0.0540. The molecule has 1 aromatic heterocycles. The third kappa shape index (κ3) is 3.99. The van der Waals surface area contributed by atoms with Gasteiger partial charge in [-0.15, -0.1) is 12.4 Å². The maximum Gasteiger partial charge on any atom is 0.349 e. The zero-order valence-corrected chi connectivity index (χ0v) is 15.8. The number of fused-ring (bicyclic) bond motifs is 1. The monoisotopic (exact) mass is 414 g/mol. The summed E-state index contributed by atoms with van der Waals surface area (Å²) in [5.41, 5.74) is 0.650. The summed E-state index contributed by atoms with van der Waals surface area (Å²) in [6, 6.07) is 5.39. The van der Waals surface area contributed by atoms with Gasteiger partial charge < -0.3 is 15.1 Å². The summed E-state index contributed by atoms with van der Waals surface area (Å²) in [4.78, 5) is 24.6. The first-order valence-corrected chi connectivity index (χ1v) is 8.57. The first-order chi connectivity index (χ1) is 11.1. The molecule has 1 aliphatic heterocycles. The van der Waals surface area contributed by atoms with Gasteiger partial charge in [0, 0.05) is 16.4 Å². The Morgan fingerprint density at radius 1 is 1.46 bits per heavy atom. The Morgan fingerprint density at radius 3 is 2.96 bits per heavy atom. The van der Waals surface area contributed by atoms with E-state index in [1.54, 1.807) is 19.1 Å². The minimum Gasteiger partial charge on any atom is -0.422 e. The summed E-state index contributed by atoms with van der Waals surface area (Å²) in [6.07, 6.45) is 2.21. The summed E-state index contributed by atoms with van der Waals surface area (Å²) >= 11 is 3.40. The largest absolute Gasteiger partial charge is 0.422 e. The second kappa shape index (κ2) is 8.14. The Hall–Kier alpha value is -1.37. The lowest BCUT2D eigenvalue weighted by Gasteiger charge is -2.22. The summed E-state index contributed by atoms with van der Waals surface area (Å²) in [5, 5.41) is 6.96. The van der Waals surface area contributed by atoms with Gasteiger partial charge >= 0.3 is 5.63 Å². The van der Waals surface area contributed by atoms with Gasteiger partial charge in [-0.25, -0.2) is 4.79 Å². The maximum absolute atomic E-state index is 12.5. The van der Waals surface area contributed by atoms with E-state index in [4.69, 9.17) is 4.42 Å². The van der Waals surface area contributed by atoms with Crippen LogP contribution in [0.2, 0.25) is 0 Å². The number of hydrogen-bond acceptors (Lipinski definition) is 4. The van der Waals surface area contributed by atoms with Gasteiger partial charge in [0.25, 0.3) is 5.91 Å². The fraction of sp³-hybridized carbons (Fsp3) is 0.412. The topological polar surface area (TPSA) is 71.3 Å². The van der Waals surface area contributed by atoms with Gasteiger partial charge in [-0.1, -0.05) is 15.9 Å². The minimum atomic E-state index is -0.586. The van der Waals surface area contributed by atoms with E-state index in [2.05, 4.69) is 26.6 Å². The van der Waals surface area contributed by atoms with Crippen LogP contribution in [0.3, 0.4) is 0 Å². The van der Waals surface area contributed by atoms with E-state index < -0.39 is 5.63 Å². The number of benzene rings is 1.